The van der Waals surface area contributed by atoms with Crippen LogP contribution in [0.1, 0.15) is 64.7 Å². The van der Waals surface area contributed by atoms with Gasteiger partial charge in [-0.2, -0.15) is 0 Å². The average molecular weight is 290 g/mol. The summed E-state index contributed by atoms with van der Waals surface area (Å²) in [5.74, 6) is 0.250. The lowest BCUT2D eigenvalue weighted by atomic mass is 9.97. The predicted octanol–water partition coefficient (Wildman–Crippen LogP) is 2.41. The van der Waals surface area contributed by atoms with E-state index in [1.165, 1.54) is 19.3 Å². The molecule has 19 heavy (non-hydrogen) atoms. The van der Waals surface area contributed by atoms with Gasteiger partial charge in [0.2, 0.25) is 10.0 Å². The van der Waals surface area contributed by atoms with Gasteiger partial charge in [-0.05, 0) is 38.8 Å². The smallest absolute Gasteiger partial charge is 0.211 e. The van der Waals surface area contributed by atoms with Crippen molar-refractivity contribution in [2.45, 2.75) is 70.8 Å². The average Bonchev–Trinajstić information content (AvgIpc) is 2.32. The summed E-state index contributed by atoms with van der Waals surface area (Å²) >= 11 is 0. The lowest BCUT2D eigenvalue weighted by Crippen LogP contribution is -2.37. The number of sulfonamides is 1. The third kappa shape index (κ3) is 8.60. The number of hydrogen-bond acceptors (Lipinski definition) is 3. The first kappa shape index (κ1) is 16.9. The Hall–Kier alpha value is -0.130. The highest BCUT2D eigenvalue weighted by atomic mass is 32.2. The zero-order valence-electron chi connectivity index (χ0n) is 12.3. The maximum atomic E-state index is 12.0. The minimum atomic E-state index is -3.09. The summed E-state index contributed by atoms with van der Waals surface area (Å²) in [4.78, 5) is 0. The van der Waals surface area contributed by atoms with Crippen LogP contribution in [-0.2, 0) is 10.0 Å². The molecule has 1 fully saturated rings. The highest BCUT2D eigenvalue weighted by Crippen LogP contribution is 2.17. The first-order chi connectivity index (χ1) is 9.14. The van der Waals surface area contributed by atoms with Crippen molar-refractivity contribution in [1.82, 2.24) is 10.0 Å². The molecule has 5 heteroatoms. The molecular weight excluding hydrogens is 260 g/mol. The first-order valence-corrected chi connectivity index (χ1v) is 9.50. The standard InChI is InChI=1S/C14H30N2O2S/c1-2-11-15-12-8-13-19(17,18)16-14-9-6-4-3-5-7-10-14/h14-16H,2-13H2,1H3. The summed E-state index contributed by atoms with van der Waals surface area (Å²) in [6.45, 7) is 3.87. The van der Waals surface area contributed by atoms with E-state index in [4.69, 9.17) is 0 Å². The normalized spacial score (nSPS) is 19.0. The highest BCUT2D eigenvalue weighted by Gasteiger charge is 2.18. The van der Waals surface area contributed by atoms with Gasteiger partial charge in [0, 0.05) is 6.04 Å². The van der Waals surface area contributed by atoms with E-state index in [9.17, 15) is 8.42 Å². The zero-order chi connectivity index (χ0) is 14.0. The van der Waals surface area contributed by atoms with Gasteiger partial charge in [0.15, 0.2) is 0 Å². The Kier molecular flexibility index (Phi) is 8.66. The van der Waals surface area contributed by atoms with Crippen molar-refractivity contribution in [2.24, 2.45) is 0 Å². The molecule has 0 unspecified atom stereocenters. The van der Waals surface area contributed by atoms with E-state index >= 15 is 0 Å². The van der Waals surface area contributed by atoms with Gasteiger partial charge in [0.25, 0.3) is 0 Å². The van der Waals surface area contributed by atoms with Crippen LogP contribution in [0.4, 0.5) is 0 Å². The predicted molar refractivity (Wildman–Crippen MR) is 80.8 cm³/mol. The summed E-state index contributed by atoms with van der Waals surface area (Å²) in [5.41, 5.74) is 0. The van der Waals surface area contributed by atoms with Crippen molar-refractivity contribution in [3.8, 4) is 0 Å². The molecule has 0 amide bonds. The lowest BCUT2D eigenvalue weighted by molar-refractivity contribution is 0.426. The van der Waals surface area contributed by atoms with E-state index in [-0.39, 0.29) is 11.8 Å². The molecule has 1 saturated carbocycles. The molecule has 2 N–H and O–H groups in total. The van der Waals surface area contributed by atoms with E-state index in [0.29, 0.717) is 6.42 Å². The second-order valence-electron chi connectivity index (χ2n) is 5.58. The Balaban J connectivity index is 2.23. The Morgan fingerprint density at radius 1 is 1.00 bits per heavy atom. The summed E-state index contributed by atoms with van der Waals surface area (Å²) in [7, 11) is -3.09. The van der Waals surface area contributed by atoms with Crippen LogP contribution in [0.15, 0.2) is 0 Å². The number of rotatable bonds is 8. The molecule has 1 aliphatic carbocycles. The molecule has 4 nitrogen and oxygen atoms in total. The molecule has 0 atom stereocenters. The van der Waals surface area contributed by atoms with E-state index in [1.54, 1.807) is 0 Å². The Labute approximate surface area is 118 Å². The Bertz CT molecular complexity index is 309. The van der Waals surface area contributed by atoms with Gasteiger partial charge in [0.05, 0.1) is 5.75 Å². The Morgan fingerprint density at radius 2 is 1.63 bits per heavy atom. The van der Waals surface area contributed by atoms with Crippen molar-refractivity contribution in [2.75, 3.05) is 18.8 Å². The van der Waals surface area contributed by atoms with Crippen molar-refractivity contribution >= 4 is 10.0 Å². The maximum absolute atomic E-state index is 12.0. The van der Waals surface area contributed by atoms with Crippen LogP contribution in [0.3, 0.4) is 0 Å². The van der Waals surface area contributed by atoms with Gasteiger partial charge >= 0.3 is 0 Å². The molecule has 0 heterocycles. The van der Waals surface area contributed by atoms with E-state index < -0.39 is 10.0 Å². The van der Waals surface area contributed by atoms with Gasteiger partial charge in [-0.1, -0.05) is 39.0 Å². The van der Waals surface area contributed by atoms with Crippen LogP contribution in [0, 0.1) is 0 Å². The van der Waals surface area contributed by atoms with Crippen LogP contribution < -0.4 is 10.0 Å². The van der Waals surface area contributed by atoms with Crippen LogP contribution in [-0.4, -0.2) is 33.3 Å². The molecule has 1 aliphatic rings. The molecule has 0 aromatic carbocycles. The maximum Gasteiger partial charge on any atom is 0.211 e. The topological polar surface area (TPSA) is 58.2 Å². The summed E-state index contributed by atoms with van der Waals surface area (Å²) in [5, 5.41) is 3.24. The number of nitrogens with one attached hydrogen (secondary N) is 2. The van der Waals surface area contributed by atoms with Crippen LogP contribution in [0.2, 0.25) is 0 Å². The molecule has 0 aromatic rings. The second-order valence-corrected chi connectivity index (χ2v) is 7.46. The summed E-state index contributed by atoms with van der Waals surface area (Å²) in [6.07, 6.45) is 9.92. The fourth-order valence-electron chi connectivity index (χ4n) is 2.58. The largest absolute Gasteiger partial charge is 0.317 e. The molecule has 0 bridgehead atoms. The molecular formula is C14H30N2O2S. The zero-order valence-corrected chi connectivity index (χ0v) is 13.1. The molecule has 0 saturated heterocycles. The van der Waals surface area contributed by atoms with E-state index in [2.05, 4.69) is 17.0 Å². The van der Waals surface area contributed by atoms with Gasteiger partial charge in [-0.3, -0.25) is 0 Å². The summed E-state index contributed by atoms with van der Waals surface area (Å²) in [6, 6.07) is 0.175. The van der Waals surface area contributed by atoms with Crippen LogP contribution in [0.5, 0.6) is 0 Å². The molecule has 1 rings (SSSR count). The van der Waals surface area contributed by atoms with Crippen LogP contribution in [0.25, 0.3) is 0 Å². The van der Waals surface area contributed by atoms with Crippen molar-refractivity contribution < 1.29 is 8.42 Å². The van der Waals surface area contributed by atoms with E-state index in [0.717, 1.165) is 45.2 Å². The molecule has 114 valence electrons. The minimum Gasteiger partial charge on any atom is -0.317 e. The SMILES string of the molecule is CCCNCCCS(=O)(=O)NC1CCCCCCC1. The van der Waals surface area contributed by atoms with Gasteiger partial charge < -0.3 is 5.32 Å². The minimum absolute atomic E-state index is 0.175. The Morgan fingerprint density at radius 3 is 2.26 bits per heavy atom. The monoisotopic (exact) mass is 290 g/mol. The highest BCUT2D eigenvalue weighted by molar-refractivity contribution is 7.89. The van der Waals surface area contributed by atoms with Crippen molar-refractivity contribution in [1.29, 1.82) is 0 Å². The molecule has 0 radical (unpaired) electrons. The summed E-state index contributed by atoms with van der Waals surface area (Å²) < 4.78 is 26.9. The van der Waals surface area contributed by atoms with Gasteiger partial charge in [0.1, 0.15) is 0 Å². The quantitative estimate of drug-likeness (QED) is 0.675. The third-order valence-corrected chi connectivity index (χ3v) is 5.16. The van der Waals surface area contributed by atoms with E-state index in [1.807, 2.05) is 0 Å². The fourth-order valence-corrected chi connectivity index (χ4v) is 3.96. The third-order valence-electron chi connectivity index (χ3n) is 3.64. The fraction of sp³-hybridized carbons (Fsp3) is 1.00. The molecule has 0 spiro atoms. The molecule has 0 aliphatic heterocycles. The first-order valence-electron chi connectivity index (χ1n) is 7.85. The second kappa shape index (κ2) is 9.72. The van der Waals surface area contributed by atoms with Gasteiger partial charge in [-0.15, -0.1) is 0 Å². The number of hydrogen-bond donors (Lipinski definition) is 2. The lowest BCUT2D eigenvalue weighted by Gasteiger charge is -2.20. The van der Waals surface area contributed by atoms with Crippen molar-refractivity contribution in [3.05, 3.63) is 0 Å². The van der Waals surface area contributed by atoms with Crippen molar-refractivity contribution in [3.63, 3.8) is 0 Å². The van der Waals surface area contributed by atoms with Crippen LogP contribution >= 0.6 is 0 Å². The molecule has 0 aromatic heterocycles. The van der Waals surface area contributed by atoms with Gasteiger partial charge in [-0.25, -0.2) is 13.1 Å².